The van der Waals surface area contributed by atoms with Crippen molar-refractivity contribution in [2.75, 3.05) is 18.9 Å². The third-order valence-electron chi connectivity index (χ3n) is 5.18. The number of benzene rings is 1. The molecule has 2 fully saturated rings. The molecule has 1 saturated carbocycles. The highest BCUT2D eigenvalue weighted by Crippen LogP contribution is 2.51. The number of anilines is 1. The van der Waals surface area contributed by atoms with Crippen molar-refractivity contribution in [1.82, 2.24) is 4.90 Å². The first-order valence-corrected chi connectivity index (χ1v) is 6.84. The maximum Gasteiger partial charge on any atom is 0.167 e. The fourth-order valence-corrected chi connectivity index (χ4v) is 4.34. The van der Waals surface area contributed by atoms with Crippen molar-refractivity contribution >= 4 is 11.5 Å². The number of likely N-dealkylation sites (tertiary alicyclic amines) is 1. The van der Waals surface area contributed by atoms with Crippen LogP contribution < -0.4 is 5.32 Å². The number of ketones is 1. The molecule has 3 aliphatic rings. The summed E-state index contributed by atoms with van der Waals surface area (Å²) >= 11 is 0. The maximum absolute atomic E-state index is 12.8. The van der Waals surface area contributed by atoms with Crippen LogP contribution in [0.15, 0.2) is 24.3 Å². The Morgan fingerprint density at radius 2 is 2.17 bits per heavy atom. The number of likely N-dealkylation sites (N-methyl/N-ethyl adjacent to an activating group) is 1. The monoisotopic (exact) mass is 242 g/mol. The number of Topliss-reactive ketones (excluding diaryl/α,β-unsaturated/α-hetero) is 1. The SMILES string of the molecule is CN1CC[C@]23C(=O)[C@H](CC[C@H]12)Nc1ccccc13. The van der Waals surface area contributed by atoms with Crippen LogP contribution in [-0.4, -0.2) is 36.4 Å². The molecular weight excluding hydrogens is 224 g/mol. The van der Waals surface area contributed by atoms with Gasteiger partial charge in [-0.25, -0.2) is 0 Å². The second-order valence-electron chi connectivity index (χ2n) is 5.90. The molecule has 2 aliphatic heterocycles. The van der Waals surface area contributed by atoms with Gasteiger partial charge in [0.2, 0.25) is 0 Å². The van der Waals surface area contributed by atoms with Gasteiger partial charge in [-0.15, -0.1) is 0 Å². The molecule has 0 unspecified atom stereocenters. The molecule has 2 bridgehead atoms. The summed E-state index contributed by atoms with van der Waals surface area (Å²) in [4.78, 5) is 15.2. The van der Waals surface area contributed by atoms with Gasteiger partial charge < -0.3 is 10.2 Å². The lowest BCUT2D eigenvalue weighted by Crippen LogP contribution is -2.59. The van der Waals surface area contributed by atoms with Crippen LogP contribution in [0.3, 0.4) is 0 Å². The minimum atomic E-state index is -0.223. The van der Waals surface area contributed by atoms with Gasteiger partial charge in [-0.2, -0.15) is 0 Å². The molecule has 1 N–H and O–H groups in total. The largest absolute Gasteiger partial charge is 0.375 e. The highest BCUT2D eigenvalue weighted by atomic mass is 16.1. The molecule has 94 valence electrons. The highest BCUT2D eigenvalue weighted by molar-refractivity contribution is 6.02. The maximum atomic E-state index is 12.8. The molecule has 2 heterocycles. The van der Waals surface area contributed by atoms with Gasteiger partial charge in [-0.1, -0.05) is 18.2 Å². The molecule has 0 amide bonds. The van der Waals surface area contributed by atoms with Crippen molar-refractivity contribution < 1.29 is 4.79 Å². The Kier molecular flexibility index (Phi) is 1.97. The molecule has 4 rings (SSSR count). The van der Waals surface area contributed by atoms with Crippen molar-refractivity contribution in [3.63, 3.8) is 0 Å². The summed E-state index contributed by atoms with van der Waals surface area (Å²) in [5.41, 5.74) is 2.20. The minimum absolute atomic E-state index is 0.0441. The summed E-state index contributed by atoms with van der Waals surface area (Å²) in [5, 5.41) is 3.43. The molecule has 3 nitrogen and oxygen atoms in total. The lowest BCUT2D eigenvalue weighted by Gasteiger charge is -2.48. The number of hydrogen-bond acceptors (Lipinski definition) is 3. The number of nitrogens with zero attached hydrogens (tertiary/aromatic N) is 1. The van der Waals surface area contributed by atoms with E-state index in [0.717, 1.165) is 25.8 Å². The third kappa shape index (κ3) is 1.06. The molecule has 18 heavy (non-hydrogen) atoms. The first kappa shape index (κ1) is 10.6. The van der Waals surface area contributed by atoms with E-state index < -0.39 is 0 Å². The second kappa shape index (κ2) is 3.35. The Hall–Kier alpha value is -1.35. The van der Waals surface area contributed by atoms with Gasteiger partial charge in [0.1, 0.15) is 0 Å². The number of para-hydroxylation sites is 1. The van der Waals surface area contributed by atoms with Gasteiger partial charge in [0.05, 0.1) is 11.5 Å². The predicted molar refractivity (Wildman–Crippen MR) is 70.8 cm³/mol. The van der Waals surface area contributed by atoms with Crippen molar-refractivity contribution in [3.05, 3.63) is 29.8 Å². The number of nitrogens with one attached hydrogen (secondary N) is 1. The number of fused-ring (bicyclic) bond motifs is 2. The summed E-state index contributed by atoms with van der Waals surface area (Å²) < 4.78 is 0. The normalized spacial score (nSPS) is 37.9. The molecule has 1 spiro atoms. The summed E-state index contributed by atoms with van der Waals surface area (Å²) in [6.45, 7) is 1.04. The van der Waals surface area contributed by atoms with Crippen LogP contribution in [0.1, 0.15) is 24.8 Å². The molecule has 0 aromatic heterocycles. The van der Waals surface area contributed by atoms with Gasteiger partial charge in [0.15, 0.2) is 5.78 Å². The van der Waals surface area contributed by atoms with Gasteiger partial charge in [-0.3, -0.25) is 4.79 Å². The van der Waals surface area contributed by atoms with Gasteiger partial charge in [0, 0.05) is 11.7 Å². The Bertz CT molecular complexity index is 527. The van der Waals surface area contributed by atoms with E-state index in [-0.39, 0.29) is 11.5 Å². The smallest absolute Gasteiger partial charge is 0.167 e. The Balaban J connectivity index is 1.98. The minimum Gasteiger partial charge on any atom is -0.375 e. The average molecular weight is 242 g/mol. The molecule has 1 aromatic carbocycles. The standard InChI is InChI=1S/C15H18N2O/c1-17-9-8-15-10-4-2-3-5-11(10)16-12(14(15)18)6-7-13(15)17/h2-5,12-13,16H,6-9H2,1H3/t12-,13-,15+/m0/s1. The van der Waals surface area contributed by atoms with E-state index in [2.05, 4.69) is 41.5 Å². The number of hydrogen-bond donors (Lipinski definition) is 1. The summed E-state index contributed by atoms with van der Waals surface area (Å²) in [6, 6.07) is 8.84. The fourth-order valence-electron chi connectivity index (χ4n) is 4.34. The van der Waals surface area contributed by atoms with Crippen LogP contribution in [0, 0.1) is 0 Å². The predicted octanol–water partition coefficient (Wildman–Crippen LogP) is 1.79. The van der Waals surface area contributed by atoms with Gasteiger partial charge >= 0.3 is 0 Å². The molecule has 1 aromatic rings. The van der Waals surface area contributed by atoms with Crippen LogP contribution in [0.4, 0.5) is 5.69 Å². The molecule has 1 saturated heterocycles. The fraction of sp³-hybridized carbons (Fsp3) is 0.533. The molecular formula is C15H18N2O. The van der Waals surface area contributed by atoms with E-state index in [4.69, 9.17) is 0 Å². The van der Waals surface area contributed by atoms with E-state index in [1.807, 2.05) is 0 Å². The summed E-state index contributed by atoms with van der Waals surface area (Å²) in [7, 11) is 2.16. The van der Waals surface area contributed by atoms with Crippen LogP contribution in [0.5, 0.6) is 0 Å². The van der Waals surface area contributed by atoms with Crippen molar-refractivity contribution in [2.24, 2.45) is 0 Å². The van der Waals surface area contributed by atoms with Crippen LogP contribution in [0.2, 0.25) is 0 Å². The lowest BCUT2D eigenvalue weighted by molar-refractivity contribution is -0.129. The van der Waals surface area contributed by atoms with E-state index in [1.54, 1.807) is 0 Å². The molecule has 1 aliphatic carbocycles. The Morgan fingerprint density at radius 1 is 1.33 bits per heavy atom. The number of carbonyl (C=O) groups excluding carboxylic acids is 1. The quantitative estimate of drug-likeness (QED) is 0.752. The number of carbonyl (C=O) groups is 1. The molecule has 3 heteroatoms. The average Bonchev–Trinajstić information content (AvgIpc) is 2.70. The Morgan fingerprint density at radius 3 is 3.06 bits per heavy atom. The zero-order chi connectivity index (χ0) is 12.3. The topological polar surface area (TPSA) is 32.3 Å². The van der Waals surface area contributed by atoms with Crippen molar-refractivity contribution in [1.29, 1.82) is 0 Å². The van der Waals surface area contributed by atoms with Gasteiger partial charge in [-0.05, 0) is 44.5 Å². The van der Waals surface area contributed by atoms with Crippen LogP contribution in [0.25, 0.3) is 0 Å². The van der Waals surface area contributed by atoms with E-state index in [1.165, 1.54) is 11.3 Å². The van der Waals surface area contributed by atoms with Crippen LogP contribution in [-0.2, 0) is 10.2 Å². The molecule has 3 atom stereocenters. The summed E-state index contributed by atoms with van der Waals surface area (Å²) in [6.07, 6.45) is 3.10. The van der Waals surface area contributed by atoms with E-state index in [9.17, 15) is 4.79 Å². The summed E-state index contributed by atoms with van der Waals surface area (Å²) in [5.74, 6) is 0.432. The van der Waals surface area contributed by atoms with Crippen LogP contribution >= 0.6 is 0 Å². The first-order chi connectivity index (χ1) is 8.73. The lowest BCUT2D eigenvalue weighted by atomic mass is 9.61. The van der Waals surface area contributed by atoms with E-state index >= 15 is 0 Å². The zero-order valence-corrected chi connectivity index (χ0v) is 10.6. The van der Waals surface area contributed by atoms with Gasteiger partial charge in [0.25, 0.3) is 0 Å². The van der Waals surface area contributed by atoms with E-state index in [0.29, 0.717) is 11.8 Å². The first-order valence-electron chi connectivity index (χ1n) is 6.84. The zero-order valence-electron chi connectivity index (χ0n) is 10.6. The third-order valence-corrected chi connectivity index (χ3v) is 5.18. The molecule has 0 radical (unpaired) electrons. The Labute approximate surface area is 107 Å². The highest BCUT2D eigenvalue weighted by Gasteiger charge is 2.59. The number of rotatable bonds is 0. The van der Waals surface area contributed by atoms with Crippen molar-refractivity contribution in [2.45, 2.75) is 36.8 Å². The second-order valence-corrected chi connectivity index (χ2v) is 5.90. The van der Waals surface area contributed by atoms with Crippen molar-refractivity contribution in [3.8, 4) is 0 Å².